The van der Waals surface area contributed by atoms with Crippen LogP contribution in [0.3, 0.4) is 0 Å². The fraction of sp³-hybridized carbons (Fsp3) is 0. The Morgan fingerprint density at radius 3 is 2.45 bits per heavy atom. The van der Waals surface area contributed by atoms with E-state index in [1.807, 2.05) is 60.8 Å². The van der Waals surface area contributed by atoms with Crippen LogP contribution >= 0.6 is 11.3 Å². The van der Waals surface area contributed by atoms with Crippen LogP contribution in [0.2, 0.25) is 0 Å². The van der Waals surface area contributed by atoms with Gasteiger partial charge in [-0.25, -0.2) is 0 Å². The van der Waals surface area contributed by atoms with E-state index in [2.05, 4.69) is 34.2 Å². The standard InChI is InChI=1S/C17H7FNS.C11H8N.Ir/c18-9-4-5-11-12(8-9)10-2-1-3-13-15(10)16-14(20-13)6-7-19-17(11)16;1-2-6-10(7-3-1)11-8-4-5-9-12-11;/h1-4,6-8H;1-6,8-9H;/q2*-1;. The average Bonchev–Trinajstić information content (AvgIpc) is 3.24. The molecule has 0 amide bonds. The fourth-order valence-electron chi connectivity index (χ4n) is 4.13. The molecule has 0 saturated carbocycles. The molecule has 0 aliphatic heterocycles. The first-order valence-electron chi connectivity index (χ1n) is 10.2. The summed E-state index contributed by atoms with van der Waals surface area (Å²) in [6.45, 7) is 0. The monoisotopic (exact) mass is 623 g/mol. The molecule has 5 heteroatoms. The third-order valence-electron chi connectivity index (χ3n) is 5.49. The molecule has 3 aromatic heterocycles. The molecule has 0 unspecified atom stereocenters. The molecule has 161 valence electrons. The van der Waals surface area contributed by atoms with Crippen molar-refractivity contribution in [3.05, 3.63) is 109 Å². The Balaban J connectivity index is 0.000000152. The molecule has 0 bridgehead atoms. The third kappa shape index (κ3) is 3.79. The first kappa shape index (κ1) is 21.6. The van der Waals surface area contributed by atoms with Gasteiger partial charge in [-0.15, -0.1) is 70.8 Å². The molecule has 3 heterocycles. The van der Waals surface area contributed by atoms with Gasteiger partial charge < -0.3 is 9.97 Å². The molecule has 0 fully saturated rings. The van der Waals surface area contributed by atoms with E-state index in [0.717, 1.165) is 32.9 Å². The number of aromatic nitrogens is 2. The normalized spacial score (nSPS) is 10.9. The van der Waals surface area contributed by atoms with Crippen molar-refractivity contribution in [1.29, 1.82) is 0 Å². The van der Waals surface area contributed by atoms with Crippen molar-refractivity contribution in [3.63, 3.8) is 0 Å². The molecule has 0 aliphatic rings. The summed E-state index contributed by atoms with van der Waals surface area (Å²) < 4.78 is 16.1. The Morgan fingerprint density at radius 2 is 1.64 bits per heavy atom. The van der Waals surface area contributed by atoms with Crippen molar-refractivity contribution in [3.8, 4) is 11.3 Å². The van der Waals surface area contributed by atoms with Crippen LogP contribution in [0.15, 0.2) is 91.3 Å². The van der Waals surface area contributed by atoms with Crippen LogP contribution in [-0.4, -0.2) is 9.97 Å². The van der Waals surface area contributed by atoms with Gasteiger partial charge in [0.05, 0.1) is 0 Å². The summed E-state index contributed by atoms with van der Waals surface area (Å²) in [7, 11) is 0. The number of nitrogens with zero attached hydrogens (tertiary/aromatic N) is 2. The van der Waals surface area contributed by atoms with Crippen molar-refractivity contribution >= 4 is 53.2 Å². The van der Waals surface area contributed by atoms with Crippen molar-refractivity contribution in [2.24, 2.45) is 0 Å². The average molecular weight is 623 g/mol. The van der Waals surface area contributed by atoms with Gasteiger partial charge in [0.1, 0.15) is 0 Å². The van der Waals surface area contributed by atoms with E-state index in [0.29, 0.717) is 0 Å². The zero-order chi connectivity index (χ0) is 21.5. The molecule has 0 atom stereocenters. The van der Waals surface area contributed by atoms with E-state index in [1.165, 1.54) is 26.2 Å². The van der Waals surface area contributed by atoms with E-state index >= 15 is 0 Å². The van der Waals surface area contributed by atoms with Gasteiger partial charge in [0.25, 0.3) is 0 Å². The number of hydrogen-bond acceptors (Lipinski definition) is 3. The summed E-state index contributed by atoms with van der Waals surface area (Å²) in [5, 5.41) is 5.25. The molecule has 33 heavy (non-hydrogen) atoms. The zero-order valence-electron chi connectivity index (χ0n) is 17.2. The van der Waals surface area contributed by atoms with E-state index in [1.54, 1.807) is 23.6 Å². The van der Waals surface area contributed by atoms with Gasteiger partial charge in [0, 0.05) is 47.7 Å². The van der Waals surface area contributed by atoms with E-state index in [9.17, 15) is 4.39 Å². The predicted molar refractivity (Wildman–Crippen MR) is 131 cm³/mol. The van der Waals surface area contributed by atoms with E-state index in [-0.39, 0.29) is 25.9 Å². The van der Waals surface area contributed by atoms with Gasteiger partial charge in [-0.05, 0) is 40.2 Å². The number of pyridine rings is 2. The molecular formula is C28H15FIrN2S-2. The molecule has 7 aromatic rings. The predicted octanol–water partition coefficient (Wildman–Crippen LogP) is 7.68. The van der Waals surface area contributed by atoms with Crippen LogP contribution in [0.5, 0.6) is 0 Å². The molecule has 0 spiro atoms. The van der Waals surface area contributed by atoms with Gasteiger partial charge in [0.2, 0.25) is 0 Å². The maximum atomic E-state index is 13.6. The topological polar surface area (TPSA) is 25.8 Å². The summed E-state index contributed by atoms with van der Waals surface area (Å²) >= 11 is 1.76. The molecule has 0 saturated heterocycles. The van der Waals surface area contributed by atoms with Gasteiger partial charge in [-0.1, -0.05) is 35.0 Å². The fourth-order valence-corrected chi connectivity index (χ4v) is 5.26. The molecule has 2 nitrogen and oxygen atoms in total. The Kier molecular flexibility index (Phi) is 5.86. The molecule has 0 N–H and O–H groups in total. The van der Waals surface area contributed by atoms with Crippen molar-refractivity contribution in [2.45, 2.75) is 0 Å². The summed E-state index contributed by atoms with van der Waals surface area (Å²) in [6.07, 6.45) is 3.61. The van der Waals surface area contributed by atoms with Crippen LogP contribution in [0.25, 0.3) is 53.1 Å². The molecule has 1 radical (unpaired) electrons. The maximum absolute atomic E-state index is 13.6. The van der Waals surface area contributed by atoms with Crippen molar-refractivity contribution < 1.29 is 24.5 Å². The van der Waals surface area contributed by atoms with Crippen molar-refractivity contribution in [1.82, 2.24) is 9.97 Å². The number of halogens is 1. The second kappa shape index (κ2) is 8.95. The summed E-state index contributed by atoms with van der Waals surface area (Å²) in [5.74, 6) is -0.258. The first-order valence-corrected chi connectivity index (χ1v) is 11.0. The van der Waals surface area contributed by atoms with E-state index < -0.39 is 0 Å². The SMILES string of the molecule is Fc1c[c-]c2c(c1)c1cccc3sc4ccnc2c4c31.[Ir].[c-]1ccccc1-c1ccccn1. The number of benzene rings is 4. The molecule has 7 rings (SSSR count). The zero-order valence-corrected chi connectivity index (χ0v) is 20.4. The smallest absolute Gasteiger partial charge is 0.0385 e. The van der Waals surface area contributed by atoms with Gasteiger partial charge in [-0.3, -0.25) is 4.39 Å². The minimum atomic E-state index is -0.258. The minimum Gasteiger partial charge on any atom is -0.305 e. The molecule has 4 aromatic carbocycles. The van der Waals surface area contributed by atoms with Crippen molar-refractivity contribution in [2.75, 3.05) is 0 Å². The Morgan fingerprint density at radius 1 is 0.758 bits per heavy atom. The summed E-state index contributed by atoms with van der Waals surface area (Å²) in [4.78, 5) is 8.73. The summed E-state index contributed by atoms with van der Waals surface area (Å²) in [5.41, 5.74) is 2.93. The largest absolute Gasteiger partial charge is 0.305 e. The van der Waals surface area contributed by atoms with Gasteiger partial charge >= 0.3 is 0 Å². The summed E-state index contributed by atoms with van der Waals surface area (Å²) in [6, 6.07) is 31.1. The van der Waals surface area contributed by atoms with E-state index in [4.69, 9.17) is 0 Å². The second-order valence-corrected chi connectivity index (χ2v) is 8.50. The Bertz CT molecular complexity index is 1640. The number of thiophene rings is 1. The number of rotatable bonds is 1. The van der Waals surface area contributed by atoms with Crippen LogP contribution in [0, 0.1) is 17.9 Å². The Hall–Kier alpha value is -3.24. The van der Waals surface area contributed by atoms with Crippen LogP contribution < -0.4 is 0 Å². The number of fused-ring (bicyclic) bond motifs is 3. The number of hydrogen-bond donors (Lipinski definition) is 0. The van der Waals surface area contributed by atoms with Gasteiger partial charge in [0.15, 0.2) is 0 Å². The third-order valence-corrected chi connectivity index (χ3v) is 6.61. The van der Waals surface area contributed by atoms with Crippen LogP contribution in [0.1, 0.15) is 0 Å². The Labute approximate surface area is 207 Å². The van der Waals surface area contributed by atoms with Gasteiger partial charge in [-0.2, -0.15) is 0 Å². The minimum absolute atomic E-state index is 0. The van der Waals surface area contributed by atoms with Crippen LogP contribution in [0.4, 0.5) is 4.39 Å². The first-order chi connectivity index (χ1) is 15.8. The quantitative estimate of drug-likeness (QED) is 0.139. The molecular weight excluding hydrogens is 608 g/mol. The van der Waals surface area contributed by atoms with Crippen LogP contribution in [-0.2, 0) is 20.1 Å². The molecule has 0 aliphatic carbocycles. The maximum Gasteiger partial charge on any atom is 0.0385 e. The second-order valence-electron chi connectivity index (χ2n) is 7.41.